The van der Waals surface area contributed by atoms with Crippen LogP contribution in [0.2, 0.25) is 0 Å². The molecule has 2 rings (SSSR count). The van der Waals surface area contributed by atoms with E-state index in [4.69, 9.17) is 5.11 Å². The van der Waals surface area contributed by atoms with Crippen LogP contribution in [0.1, 0.15) is 47.2 Å². The van der Waals surface area contributed by atoms with E-state index < -0.39 is 34.8 Å². The molecule has 2 N–H and O–H groups in total. The predicted molar refractivity (Wildman–Crippen MR) is 83.6 cm³/mol. The lowest BCUT2D eigenvalue weighted by molar-refractivity contribution is -0.146. The molecule has 0 radical (unpaired) electrons. The first-order chi connectivity index (χ1) is 11.4. The number of carboxylic acid groups (broad SMARTS) is 1. The number of nitrogens with one attached hydrogen (secondary N) is 1. The summed E-state index contributed by atoms with van der Waals surface area (Å²) in [4.78, 5) is 23.2. The average Bonchev–Trinajstić information content (AvgIpc) is 2.92. The summed E-state index contributed by atoms with van der Waals surface area (Å²) in [7, 11) is 0. The maximum atomic E-state index is 13.4. The summed E-state index contributed by atoms with van der Waals surface area (Å²) in [5.74, 6) is -2.24. The van der Waals surface area contributed by atoms with Gasteiger partial charge in [-0.05, 0) is 39.0 Å². The van der Waals surface area contributed by atoms with Crippen molar-refractivity contribution in [2.75, 3.05) is 5.32 Å². The summed E-state index contributed by atoms with van der Waals surface area (Å²) in [6.07, 6.45) is -3.93. The van der Waals surface area contributed by atoms with Crippen LogP contribution in [0.25, 0.3) is 0 Å². The summed E-state index contributed by atoms with van der Waals surface area (Å²) in [5, 5.41) is 14.9. The highest BCUT2D eigenvalue weighted by molar-refractivity contribution is 6.05. The van der Waals surface area contributed by atoms with Crippen LogP contribution in [0.3, 0.4) is 0 Å². The van der Waals surface area contributed by atoms with Crippen LogP contribution in [0.15, 0.2) is 30.5 Å². The van der Waals surface area contributed by atoms with Crippen molar-refractivity contribution in [3.8, 4) is 0 Å². The van der Waals surface area contributed by atoms with Gasteiger partial charge in [-0.2, -0.15) is 18.3 Å². The summed E-state index contributed by atoms with van der Waals surface area (Å²) >= 11 is 0. The second-order valence-electron chi connectivity index (χ2n) is 6.33. The quantitative estimate of drug-likeness (QED) is 0.881. The van der Waals surface area contributed by atoms with Crippen LogP contribution >= 0.6 is 0 Å². The number of aromatic carboxylic acids is 1. The number of hydrogen-bond acceptors (Lipinski definition) is 3. The fourth-order valence-electron chi connectivity index (χ4n) is 2.22. The van der Waals surface area contributed by atoms with Gasteiger partial charge in [-0.15, -0.1) is 0 Å². The first-order valence-corrected chi connectivity index (χ1v) is 7.21. The first-order valence-electron chi connectivity index (χ1n) is 7.21. The zero-order chi connectivity index (χ0) is 19.0. The van der Waals surface area contributed by atoms with Crippen molar-refractivity contribution in [3.05, 3.63) is 47.3 Å². The summed E-state index contributed by atoms with van der Waals surface area (Å²) in [6.45, 7) is 4.60. The average molecular weight is 355 g/mol. The summed E-state index contributed by atoms with van der Waals surface area (Å²) in [5.41, 5.74) is -2.80. The molecule has 0 saturated heterocycles. The Labute approximate surface area is 141 Å². The zero-order valence-corrected chi connectivity index (χ0v) is 13.7. The molecule has 1 heterocycles. The topological polar surface area (TPSA) is 84.2 Å². The second kappa shape index (κ2) is 6.23. The molecule has 0 atom stereocenters. The maximum absolute atomic E-state index is 13.4. The van der Waals surface area contributed by atoms with E-state index >= 15 is 0 Å². The molecule has 0 fully saturated rings. The van der Waals surface area contributed by atoms with Gasteiger partial charge in [0, 0.05) is 5.69 Å². The van der Waals surface area contributed by atoms with Crippen molar-refractivity contribution in [1.82, 2.24) is 9.78 Å². The van der Waals surface area contributed by atoms with Gasteiger partial charge < -0.3 is 10.4 Å². The second-order valence-corrected chi connectivity index (χ2v) is 6.33. The fraction of sp³-hybridized carbons (Fsp3) is 0.312. The van der Waals surface area contributed by atoms with Gasteiger partial charge in [0.25, 0.3) is 5.91 Å². The molecular weight excluding hydrogens is 339 g/mol. The third kappa shape index (κ3) is 3.98. The molecule has 0 saturated carbocycles. The van der Waals surface area contributed by atoms with E-state index in [1.807, 2.05) is 0 Å². The van der Waals surface area contributed by atoms with E-state index in [0.717, 1.165) is 16.9 Å². The first kappa shape index (κ1) is 18.5. The van der Waals surface area contributed by atoms with E-state index in [9.17, 15) is 22.8 Å². The minimum Gasteiger partial charge on any atom is -0.478 e. The summed E-state index contributed by atoms with van der Waals surface area (Å²) in [6, 6.07) is 5.21. The molecule has 1 aromatic carbocycles. The SMILES string of the molecule is CC(C)(C)n1ncc(C(=O)Nc2cccc(C(=O)O)c2)c1C(F)(F)F. The number of carbonyl (C=O) groups is 2. The number of benzene rings is 1. The number of anilines is 1. The Balaban J connectivity index is 2.42. The Bertz CT molecular complexity index is 820. The number of halogens is 3. The van der Waals surface area contributed by atoms with Crippen molar-refractivity contribution in [2.24, 2.45) is 0 Å². The molecule has 134 valence electrons. The van der Waals surface area contributed by atoms with Gasteiger partial charge in [-0.3, -0.25) is 9.48 Å². The lowest BCUT2D eigenvalue weighted by Gasteiger charge is -2.23. The van der Waals surface area contributed by atoms with Crippen LogP contribution in [-0.4, -0.2) is 26.8 Å². The number of nitrogens with zero attached hydrogens (tertiary/aromatic N) is 2. The smallest absolute Gasteiger partial charge is 0.433 e. The molecule has 0 aliphatic carbocycles. The minimum absolute atomic E-state index is 0.0709. The lowest BCUT2D eigenvalue weighted by atomic mass is 10.1. The van der Waals surface area contributed by atoms with E-state index in [-0.39, 0.29) is 11.3 Å². The lowest BCUT2D eigenvalue weighted by Crippen LogP contribution is -2.30. The third-order valence-corrected chi connectivity index (χ3v) is 3.29. The third-order valence-electron chi connectivity index (χ3n) is 3.29. The largest absolute Gasteiger partial charge is 0.478 e. The molecule has 0 bridgehead atoms. The molecule has 0 spiro atoms. The summed E-state index contributed by atoms with van der Waals surface area (Å²) < 4.78 is 41.0. The molecule has 6 nitrogen and oxygen atoms in total. The molecule has 25 heavy (non-hydrogen) atoms. The Morgan fingerprint density at radius 3 is 2.36 bits per heavy atom. The highest BCUT2D eigenvalue weighted by Gasteiger charge is 2.42. The molecular formula is C16H16F3N3O3. The molecule has 9 heteroatoms. The molecule has 1 amide bonds. The van der Waals surface area contributed by atoms with Gasteiger partial charge in [0.2, 0.25) is 0 Å². The monoisotopic (exact) mass is 355 g/mol. The Kier molecular flexibility index (Phi) is 4.61. The standard InChI is InChI=1S/C16H16F3N3O3/c1-15(2,3)22-12(16(17,18)19)11(8-20-22)13(23)21-10-6-4-5-9(7-10)14(24)25/h4-8H,1-3H3,(H,21,23)(H,24,25). The van der Waals surface area contributed by atoms with Crippen LogP contribution in [-0.2, 0) is 11.7 Å². The van der Waals surface area contributed by atoms with Crippen LogP contribution < -0.4 is 5.32 Å². The number of aromatic nitrogens is 2. The van der Waals surface area contributed by atoms with Crippen molar-refractivity contribution in [3.63, 3.8) is 0 Å². The Morgan fingerprint density at radius 2 is 1.84 bits per heavy atom. The van der Waals surface area contributed by atoms with Crippen molar-refractivity contribution < 1.29 is 27.9 Å². The molecule has 2 aromatic rings. The highest BCUT2D eigenvalue weighted by atomic mass is 19.4. The van der Waals surface area contributed by atoms with Crippen molar-refractivity contribution >= 4 is 17.6 Å². The fourth-order valence-corrected chi connectivity index (χ4v) is 2.22. The number of alkyl halides is 3. The Hall–Kier alpha value is -2.84. The number of rotatable bonds is 3. The van der Waals surface area contributed by atoms with Gasteiger partial charge in [-0.25, -0.2) is 4.79 Å². The molecule has 0 aliphatic rings. The van der Waals surface area contributed by atoms with Gasteiger partial charge in [-0.1, -0.05) is 6.07 Å². The number of hydrogen-bond donors (Lipinski definition) is 2. The predicted octanol–water partition coefficient (Wildman–Crippen LogP) is 3.61. The molecule has 0 aliphatic heterocycles. The van der Waals surface area contributed by atoms with E-state index in [1.54, 1.807) is 0 Å². The van der Waals surface area contributed by atoms with Crippen LogP contribution in [0.4, 0.5) is 18.9 Å². The highest BCUT2D eigenvalue weighted by Crippen LogP contribution is 2.35. The molecule has 0 unspecified atom stereocenters. The van der Waals surface area contributed by atoms with Crippen molar-refractivity contribution in [2.45, 2.75) is 32.5 Å². The number of carbonyl (C=O) groups excluding carboxylic acids is 1. The van der Waals surface area contributed by atoms with E-state index in [1.165, 1.54) is 39.0 Å². The maximum Gasteiger partial charge on any atom is 0.433 e. The normalized spacial score (nSPS) is 12.1. The van der Waals surface area contributed by atoms with Crippen molar-refractivity contribution in [1.29, 1.82) is 0 Å². The zero-order valence-electron chi connectivity index (χ0n) is 13.7. The van der Waals surface area contributed by atoms with Gasteiger partial charge in [0.15, 0.2) is 5.69 Å². The molecule has 1 aromatic heterocycles. The van der Waals surface area contributed by atoms with E-state index in [0.29, 0.717) is 0 Å². The Morgan fingerprint density at radius 1 is 1.20 bits per heavy atom. The van der Waals surface area contributed by atoms with Crippen LogP contribution in [0, 0.1) is 0 Å². The minimum atomic E-state index is -4.78. The van der Waals surface area contributed by atoms with Gasteiger partial charge in [0.05, 0.1) is 22.9 Å². The number of carboxylic acids is 1. The van der Waals surface area contributed by atoms with Gasteiger partial charge in [0.1, 0.15) is 0 Å². The van der Waals surface area contributed by atoms with Crippen LogP contribution in [0.5, 0.6) is 0 Å². The van der Waals surface area contributed by atoms with Gasteiger partial charge >= 0.3 is 12.1 Å². The van der Waals surface area contributed by atoms with E-state index in [2.05, 4.69) is 10.4 Å². The number of amides is 1.